The van der Waals surface area contributed by atoms with Crippen LogP contribution in [0.25, 0.3) is 0 Å². The molecule has 0 unspecified atom stereocenters. The van der Waals surface area contributed by atoms with Gasteiger partial charge in [0.15, 0.2) is 0 Å². The highest BCUT2D eigenvalue weighted by Crippen LogP contribution is 2.47. The van der Waals surface area contributed by atoms with Gasteiger partial charge in [-0.15, -0.1) is 0 Å². The first-order valence-electron chi connectivity index (χ1n) is 6.79. The van der Waals surface area contributed by atoms with Crippen molar-refractivity contribution in [1.82, 2.24) is 5.32 Å². The summed E-state index contributed by atoms with van der Waals surface area (Å²) in [6.45, 7) is 7.97. The molecule has 104 valence electrons. The molecule has 0 aromatic rings. The van der Waals surface area contributed by atoms with Gasteiger partial charge in [0, 0.05) is 18.4 Å². The van der Waals surface area contributed by atoms with E-state index < -0.39 is 11.7 Å². The van der Waals surface area contributed by atoms with Crippen LogP contribution in [0.15, 0.2) is 0 Å². The van der Waals surface area contributed by atoms with Gasteiger partial charge in [-0.1, -0.05) is 13.3 Å². The molecule has 0 aromatic heterocycles. The molecule has 1 fully saturated rings. The number of ether oxygens (including phenoxy) is 1. The molecular weight excluding hydrogens is 230 g/mol. The van der Waals surface area contributed by atoms with Gasteiger partial charge in [-0.05, 0) is 40.0 Å². The van der Waals surface area contributed by atoms with Gasteiger partial charge >= 0.3 is 6.09 Å². The van der Waals surface area contributed by atoms with Crippen molar-refractivity contribution in [2.75, 3.05) is 6.54 Å². The van der Waals surface area contributed by atoms with Crippen LogP contribution in [-0.4, -0.2) is 24.0 Å². The van der Waals surface area contributed by atoms with E-state index in [1.807, 2.05) is 20.8 Å². The molecule has 4 heteroatoms. The van der Waals surface area contributed by atoms with Gasteiger partial charge in [0.2, 0.25) is 0 Å². The summed E-state index contributed by atoms with van der Waals surface area (Å²) in [6.07, 6.45) is 3.95. The zero-order valence-electron chi connectivity index (χ0n) is 12.0. The molecule has 1 saturated carbocycles. The van der Waals surface area contributed by atoms with Gasteiger partial charge in [0.1, 0.15) is 11.4 Å². The fourth-order valence-electron chi connectivity index (χ4n) is 1.86. The molecule has 0 spiro atoms. The zero-order chi connectivity index (χ0) is 13.8. The van der Waals surface area contributed by atoms with Gasteiger partial charge < -0.3 is 10.1 Å². The van der Waals surface area contributed by atoms with Gasteiger partial charge in [-0.2, -0.15) is 0 Å². The SMILES string of the molecule is CCCCC(=O)C1(CNC(=O)OC(C)(C)C)CC1. The summed E-state index contributed by atoms with van der Waals surface area (Å²) in [7, 11) is 0. The van der Waals surface area contributed by atoms with Crippen LogP contribution >= 0.6 is 0 Å². The van der Waals surface area contributed by atoms with E-state index in [0.717, 1.165) is 25.7 Å². The van der Waals surface area contributed by atoms with Crippen molar-refractivity contribution >= 4 is 11.9 Å². The Balaban J connectivity index is 2.34. The van der Waals surface area contributed by atoms with Gasteiger partial charge in [0.05, 0.1) is 0 Å². The number of unbranched alkanes of at least 4 members (excludes halogenated alkanes) is 1. The van der Waals surface area contributed by atoms with Crippen molar-refractivity contribution in [3.05, 3.63) is 0 Å². The van der Waals surface area contributed by atoms with E-state index in [1.165, 1.54) is 0 Å². The largest absolute Gasteiger partial charge is 0.444 e. The van der Waals surface area contributed by atoms with Crippen LogP contribution in [0.5, 0.6) is 0 Å². The van der Waals surface area contributed by atoms with Crippen molar-refractivity contribution in [2.45, 2.75) is 65.4 Å². The summed E-state index contributed by atoms with van der Waals surface area (Å²) >= 11 is 0. The van der Waals surface area contributed by atoms with E-state index in [2.05, 4.69) is 12.2 Å². The molecule has 0 heterocycles. The Morgan fingerprint density at radius 2 is 1.89 bits per heavy atom. The molecule has 1 amide bonds. The van der Waals surface area contributed by atoms with Crippen LogP contribution in [0, 0.1) is 5.41 Å². The number of rotatable bonds is 6. The van der Waals surface area contributed by atoms with Crippen LogP contribution in [0.3, 0.4) is 0 Å². The highest BCUT2D eigenvalue weighted by Gasteiger charge is 2.48. The number of carbonyl (C=O) groups excluding carboxylic acids is 2. The number of hydrogen-bond acceptors (Lipinski definition) is 3. The lowest BCUT2D eigenvalue weighted by Gasteiger charge is -2.21. The monoisotopic (exact) mass is 255 g/mol. The summed E-state index contributed by atoms with van der Waals surface area (Å²) < 4.78 is 5.16. The predicted octanol–water partition coefficient (Wildman–Crippen LogP) is 3.05. The number of amides is 1. The van der Waals surface area contributed by atoms with E-state index >= 15 is 0 Å². The zero-order valence-corrected chi connectivity index (χ0v) is 12.0. The summed E-state index contributed by atoms with van der Waals surface area (Å²) in [5, 5.41) is 2.72. The van der Waals surface area contributed by atoms with E-state index in [0.29, 0.717) is 18.7 Å². The number of Topliss-reactive ketones (excluding diaryl/α,β-unsaturated/α-hetero) is 1. The molecule has 0 radical (unpaired) electrons. The fourth-order valence-corrected chi connectivity index (χ4v) is 1.86. The molecule has 1 rings (SSSR count). The molecule has 1 aliphatic carbocycles. The van der Waals surface area contributed by atoms with Crippen molar-refractivity contribution in [2.24, 2.45) is 5.41 Å². The smallest absolute Gasteiger partial charge is 0.407 e. The van der Waals surface area contributed by atoms with Gasteiger partial charge in [-0.25, -0.2) is 4.79 Å². The Morgan fingerprint density at radius 1 is 1.28 bits per heavy atom. The third kappa shape index (κ3) is 4.67. The Bertz CT molecular complexity index is 313. The molecule has 18 heavy (non-hydrogen) atoms. The maximum absolute atomic E-state index is 12.0. The van der Waals surface area contributed by atoms with Crippen molar-refractivity contribution in [3.63, 3.8) is 0 Å². The molecule has 0 aliphatic heterocycles. The highest BCUT2D eigenvalue weighted by atomic mass is 16.6. The lowest BCUT2D eigenvalue weighted by molar-refractivity contribution is -0.124. The third-order valence-electron chi connectivity index (χ3n) is 3.17. The average molecular weight is 255 g/mol. The second-order valence-corrected chi connectivity index (χ2v) is 6.16. The van der Waals surface area contributed by atoms with Crippen LogP contribution in [0.2, 0.25) is 0 Å². The predicted molar refractivity (Wildman–Crippen MR) is 70.4 cm³/mol. The normalized spacial score (nSPS) is 17.1. The second-order valence-electron chi connectivity index (χ2n) is 6.16. The average Bonchev–Trinajstić information content (AvgIpc) is 3.02. The minimum atomic E-state index is -0.493. The summed E-state index contributed by atoms with van der Waals surface area (Å²) in [6, 6.07) is 0. The topological polar surface area (TPSA) is 55.4 Å². The number of carbonyl (C=O) groups is 2. The van der Waals surface area contributed by atoms with Crippen LogP contribution in [0.1, 0.15) is 59.8 Å². The van der Waals surface area contributed by atoms with E-state index in [-0.39, 0.29) is 5.41 Å². The molecule has 1 N–H and O–H groups in total. The third-order valence-corrected chi connectivity index (χ3v) is 3.17. The van der Waals surface area contributed by atoms with E-state index in [4.69, 9.17) is 4.74 Å². The lowest BCUT2D eigenvalue weighted by atomic mass is 9.96. The minimum absolute atomic E-state index is 0.286. The van der Waals surface area contributed by atoms with Crippen LogP contribution in [-0.2, 0) is 9.53 Å². The van der Waals surface area contributed by atoms with E-state index in [1.54, 1.807) is 0 Å². The Labute approximate surface area is 109 Å². The summed E-state index contributed by atoms with van der Waals surface area (Å²) in [5.74, 6) is 0.292. The Morgan fingerprint density at radius 3 is 2.33 bits per heavy atom. The van der Waals surface area contributed by atoms with Crippen molar-refractivity contribution in [1.29, 1.82) is 0 Å². The Hall–Kier alpha value is -1.06. The van der Waals surface area contributed by atoms with Gasteiger partial charge in [0.25, 0.3) is 0 Å². The quantitative estimate of drug-likeness (QED) is 0.793. The summed E-state index contributed by atoms with van der Waals surface area (Å²) in [4.78, 5) is 23.5. The maximum atomic E-state index is 12.0. The van der Waals surface area contributed by atoms with Crippen molar-refractivity contribution in [3.8, 4) is 0 Å². The van der Waals surface area contributed by atoms with Crippen molar-refractivity contribution < 1.29 is 14.3 Å². The minimum Gasteiger partial charge on any atom is -0.444 e. The molecule has 0 aromatic carbocycles. The first kappa shape index (κ1) is 15.0. The van der Waals surface area contributed by atoms with Crippen LogP contribution in [0.4, 0.5) is 4.79 Å². The van der Waals surface area contributed by atoms with Crippen LogP contribution < -0.4 is 5.32 Å². The first-order valence-corrected chi connectivity index (χ1v) is 6.79. The fraction of sp³-hybridized carbons (Fsp3) is 0.857. The molecule has 0 bridgehead atoms. The molecule has 0 saturated heterocycles. The van der Waals surface area contributed by atoms with E-state index in [9.17, 15) is 9.59 Å². The standard InChI is InChI=1S/C14H25NO3/c1-5-6-7-11(16)14(8-9-14)10-15-12(17)18-13(2,3)4/h5-10H2,1-4H3,(H,15,17). The lowest BCUT2D eigenvalue weighted by Crippen LogP contribution is -2.38. The molecule has 1 aliphatic rings. The van der Waals surface area contributed by atoms with Gasteiger partial charge in [-0.3, -0.25) is 4.79 Å². The molecular formula is C14H25NO3. The number of nitrogens with one attached hydrogen (secondary N) is 1. The second kappa shape index (κ2) is 5.72. The highest BCUT2D eigenvalue weighted by molar-refractivity contribution is 5.88. The molecule has 0 atom stereocenters. The Kier molecular flexibility index (Phi) is 4.77. The number of alkyl carbamates (subject to hydrolysis) is 1. The first-order chi connectivity index (χ1) is 8.29. The summed E-state index contributed by atoms with van der Waals surface area (Å²) in [5.41, 5.74) is -0.779. The molecule has 4 nitrogen and oxygen atoms in total. The maximum Gasteiger partial charge on any atom is 0.407 e. The number of ketones is 1. The number of hydrogen-bond donors (Lipinski definition) is 1.